The minimum Gasteiger partial charge on any atom is -0.376 e. The van der Waals surface area contributed by atoms with Crippen molar-refractivity contribution in [3.05, 3.63) is 68.2 Å². The normalized spacial score (nSPS) is 11.5. The van der Waals surface area contributed by atoms with E-state index in [0.717, 1.165) is 12.1 Å². The summed E-state index contributed by atoms with van der Waals surface area (Å²) in [5.74, 6) is -0.658. The number of fused-ring (bicyclic) bond motifs is 1. The molecule has 1 heterocycles. The summed E-state index contributed by atoms with van der Waals surface area (Å²) in [6.07, 6.45) is -4.56. The summed E-state index contributed by atoms with van der Waals surface area (Å²) in [6, 6.07) is 7.39. The first-order valence-corrected chi connectivity index (χ1v) is 8.99. The number of carbonyl (C=O) groups excluding carboxylic acids is 1. The average molecular weight is 420 g/mol. The van der Waals surface area contributed by atoms with Crippen molar-refractivity contribution in [1.29, 1.82) is 0 Å². The first-order valence-electron chi connectivity index (χ1n) is 8.99. The fourth-order valence-electron chi connectivity index (χ4n) is 3.13. The first-order chi connectivity index (χ1) is 14.0. The van der Waals surface area contributed by atoms with Crippen molar-refractivity contribution >= 4 is 28.3 Å². The van der Waals surface area contributed by atoms with Crippen molar-refractivity contribution in [3.63, 3.8) is 0 Å². The summed E-state index contributed by atoms with van der Waals surface area (Å²) < 4.78 is 40.5. The highest BCUT2D eigenvalue weighted by Crippen LogP contribution is 2.35. The number of anilines is 2. The minimum absolute atomic E-state index is 0.00746. The molecule has 0 bridgehead atoms. The van der Waals surface area contributed by atoms with Gasteiger partial charge in [0, 0.05) is 26.2 Å². The highest BCUT2D eigenvalue weighted by atomic mass is 19.4. The Hall–Kier alpha value is -3.56. The topological polar surface area (TPSA) is 87.2 Å². The second-order valence-corrected chi connectivity index (χ2v) is 6.81. The lowest BCUT2D eigenvalue weighted by Gasteiger charge is -2.20. The van der Waals surface area contributed by atoms with E-state index >= 15 is 0 Å². The number of rotatable bonds is 4. The van der Waals surface area contributed by atoms with Gasteiger partial charge in [-0.3, -0.25) is 14.4 Å². The molecule has 1 amide bonds. The summed E-state index contributed by atoms with van der Waals surface area (Å²) in [4.78, 5) is 40.5. The van der Waals surface area contributed by atoms with Crippen LogP contribution in [0.5, 0.6) is 0 Å². The number of amides is 1. The van der Waals surface area contributed by atoms with Crippen LogP contribution in [0.1, 0.15) is 22.8 Å². The molecule has 0 aliphatic rings. The van der Waals surface area contributed by atoms with Crippen molar-refractivity contribution in [2.24, 2.45) is 0 Å². The lowest BCUT2D eigenvalue weighted by atomic mass is 10.1. The smallest absolute Gasteiger partial charge is 0.376 e. The summed E-state index contributed by atoms with van der Waals surface area (Å²) in [5.41, 5.74) is -1.22. The summed E-state index contributed by atoms with van der Waals surface area (Å²) in [7, 11) is 3.28. The molecule has 10 heteroatoms. The summed E-state index contributed by atoms with van der Waals surface area (Å²) in [6.45, 7) is 1.97. The van der Waals surface area contributed by atoms with Crippen molar-refractivity contribution in [2.45, 2.75) is 19.6 Å². The van der Waals surface area contributed by atoms with Crippen LogP contribution in [0.2, 0.25) is 0 Å². The van der Waals surface area contributed by atoms with Crippen molar-refractivity contribution in [1.82, 2.24) is 9.55 Å². The molecule has 1 aromatic heterocycles. The largest absolute Gasteiger partial charge is 0.416 e. The van der Waals surface area contributed by atoms with Crippen LogP contribution in [0.25, 0.3) is 11.0 Å². The number of hydrogen-bond acceptors (Lipinski definition) is 4. The molecule has 0 saturated heterocycles. The molecular formula is C20H19F3N4O3. The van der Waals surface area contributed by atoms with Crippen molar-refractivity contribution in [3.8, 4) is 0 Å². The molecule has 0 radical (unpaired) electrons. The van der Waals surface area contributed by atoms with Gasteiger partial charge >= 0.3 is 17.3 Å². The SMILES string of the molecule is CCn1c(=O)c(=O)[nH]c2cc(C(=O)Nc3cc(C(F)(F)F)ccc3N(C)C)ccc21. The molecule has 158 valence electrons. The molecule has 2 N–H and O–H groups in total. The Morgan fingerprint density at radius 3 is 2.43 bits per heavy atom. The molecule has 3 aromatic rings. The Balaban J connectivity index is 2.04. The second-order valence-electron chi connectivity index (χ2n) is 6.81. The second kappa shape index (κ2) is 7.69. The zero-order valence-corrected chi connectivity index (χ0v) is 16.4. The Morgan fingerprint density at radius 2 is 1.83 bits per heavy atom. The van der Waals surface area contributed by atoms with Gasteiger partial charge < -0.3 is 19.8 Å². The third-order valence-electron chi connectivity index (χ3n) is 4.61. The van der Waals surface area contributed by atoms with Gasteiger partial charge in [-0.1, -0.05) is 0 Å². The standard InChI is InChI=1S/C20H19F3N4O3/c1-4-27-16-7-5-11(9-13(16)25-18(29)19(27)30)17(28)24-14-10-12(20(21,22)23)6-8-15(14)26(2)3/h5-10H,4H2,1-3H3,(H,24,28)(H,25,29). The van der Waals surface area contributed by atoms with Gasteiger partial charge in [-0.2, -0.15) is 13.2 Å². The number of halogens is 3. The van der Waals surface area contributed by atoms with E-state index in [4.69, 9.17) is 0 Å². The summed E-state index contributed by atoms with van der Waals surface area (Å²) in [5, 5.41) is 2.50. The molecule has 0 spiro atoms. The van der Waals surface area contributed by atoms with E-state index in [1.165, 1.54) is 28.8 Å². The van der Waals surface area contributed by atoms with Crippen LogP contribution in [-0.4, -0.2) is 29.6 Å². The number of carbonyl (C=O) groups is 1. The number of aryl methyl sites for hydroxylation is 1. The maximum absolute atomic E-state index is 13.1. The maximum Gasteiger partial charge on any atom is 0.416 e. The highest BCUT2D eigenvalue weighted by molar-refractivity contribution is 6.07. The number of hydrogen-bond donors (Lipinski definition) is 2. The first kappa shape index (κ1) is 21.2. The van der Waals surface area contributed by atoms with Crippen LogP contribution in [0.3, 0.4) is 0 Å². The number of benzene rings is 2. The lowest BCUT2D eigenvalue weighted by Crippen LogP contribution is -2.36. The number of nitrogens with zero attached hydrogens (tertiary/aromatic N) is 2. The fourth-order valence-corrected chi connectivity index (χ4v) is 3.13. The Morgan fingerprint density at radius 1 is 1.13 bits per heavy atom. The molecule has 0 aliphatic carbocycles. The molecule has 0 atom stereocenters. The quantitative estimate of drug-likeness (QED) is 0.636. The lowest BCUT2D eigenvalue weighted by molar-refractivity contribution is -0.137. The number of alkyl halides is 3. The molecule has 0 fully saturated rings. The van der Waals surface area contributed by atoms with E-state index in [2.05, 4.69) is 10.3 Å². The van der Waals surface area contributed by atoms with E-state index < -0.39 is 28.8 Å². The molecule has 7 nitrogen and oxygen atoms in total. The van der Waals surface area contributed by atoms with Crippen LogP contribution in [-0.2, 0) is 12.7 Å². The molecular weight excluding hydrogens is 401 g/mol. The van der Waals surface area contributed by atoms with Gasteiger partial charge in [-0.15, -0.1) is 0 Å². The average Bonchev–Trinajstić information content (AvgIpc) is 2.67. The van der Waals surface area contributed by atoms with Crippen LogP contribution < -0.4 is 21.3 Å². The van der Waals surface area contributed by atoms with Gasteiger partial charge in [0.2, 0.25) is 0 Å². The van der Waals surface area contributed by atoms with E-state index in [0.29, 0.717) is 11.2 Å². The monoisotopic (exact) mass is 420 g/mol. The maximum atomic E-state index is 13.1. The Kier molecular flexibility index (Phi) is 5.43. The zero-order valence-electron chi connectivity index (χ0n) is 16.4. The third kappa shape index (κ3) is 3.93. The van der Waals surface area contributed by atoms with Gasteiger partial charge in [-0.25, -0.2) is 0 Å². The predicted octanol–water partition coefficient (Wildman–Crippen LogP) is 3.05. The van der Waals surface area contributed by atoms with E-state index in [1.807, 2.05) is 0 Å². The molecule has 3 rings (SSSR count). The van der Waals surface area contributed by atoms with Crippen molar-refractivity contribution in [2.75, 3.05) is 24.3 Å². The van der Waals surface area contributed by atoms with Crippen LogP contribution in [0, 0.1) is 0 Å². The molecule has 0 unspecified atom stereocenters. The summed E-state index contributed by atoms with van der Waals surface area (Å²) >= 11 is 0. The van der Waals surface area contributed by atoms with Crippen LogP contribution >= 0.6 is 0 Å². The van der Waals surface area contributed by atoms with Gasteiger partial charge in [0.1, 0.15) is 0 Å². The van der Waals surface area contributed by atoms with E-state index in [1.54, 1.807) is 25.9 Å². The highest BCUT2D eigenvalue weighted by Gasteiger charge is 2.31. The zero-order chi connectivity index (χ0) is 22.2. The molecule has 2 aromatic carbocycles. The minimum atomic E-state index is -4.56. The molecule has 0 saturated carbocycles. The van der Waals surface area contributed by atoms with Crippen LogP contribution in [0.4, 0.5) is 24.5 Å². The number of aromatic amines is 1. The fraction of sp³-hybridized carbons (Fsp3) is 0.250. The number of nitrogens with one attached hydrogen (secondary N) is 2. The number of aromatic nitrogens is 2. The number of H-pyrrole nitrogens is 1. The Bertz CT molecular complexity index is 1240. The third-order valence-corrected chi connectivity index (χ3v) is 4.61. The van der Waals surface area contributed by atoms with Gasteiger partial charge in [0.15, 0.2) is 0 Å². The molecule has 0 aliphatic heterocycles. The van der Waals surface area contributed by atoms with E-state index in [-0.39, 0.29) is 23.3 Å². The van der Waals surface area contributed by atoms with Gasteiger partial charge in [0.25, 0.3) is 5.91 Å². The van der Waals surface area contributed by atoms with E-state index in [9.17, 15) is 27.6 Å². The Labute approximate surface area is 168 Å². The van der Waals surface area contributed by atoms with Gasteiger partial charge in [0.05, 0.1) is 28.0 Å². The van der Waals surface area contributed by atoms with Gasteiger partial charge in [-0.05, 0) is 43.3 Å². The van der Waals surface area contributed by atoms with Crippen LogP contribution in [0.15, 0.2) is 46.0 Å². The predicted molar refractivity (Wildman–Crippen MR) is 108 cm³/mol. The van der Waals surface area contributed by atoms with Crippen molar-refractivity contribution < 1.29 is 18.0 Å². The molecule has 30 heavy (non-hydrogen) atoms.